The van der Waals surface area contributed by atoms with E-state index in [1.807, 2.05) is 39.2 Å². The zero-order valence-corrected chi connectivity index (χ0v) is 17.1. The van der Waals surface area contributed by atoms with Crippen molar-refractivity contribution in [3.8, 4) is 0 Å². The molecule has 0 fully saturated rings. The Morgan fingerprint density at radius 3 is 2.56 bits per heavy atom. The number of rotatable bonds is 5. The average Bonchev–Trinajstić information content (AvgIpc) is 2.98. The van der Waals surface area contributed by atoms with Crippen LogP contribution in [-0.2, 0) is 6.54 Å². The fourth-order valence-electron chi connectivity index (χ4n) is 2.98. The molecule has 142 valence electrons. The first-order valence-corrected chi connectivity index (χ1v) is 9.92. The van der Waals surface area contributed by atoms with Crippen LogP contribution < -0.4 is 10.7 Å². The molecule has 6 nitrogen and oxygen atoms in total. The Morgan fingerprint density at radius 2 is 1.96 bits per heavy atom. The molecule has 3 rings (SSSR count). The van der Waals surface area contributed by atoms with Gasteiger partial charge in [-0.3, -0.25) is 9.59 Å². The summed E-state index contributed by atoms with van der Waals surface area (Å²) in [4.78, 5) is 36.0. The summed E-state index contributed by atoms with van der Waals surface area (Å²) < 4.78 is 1.84. The Balaban J connectivity index is 2.01. The normalized spacial score (nSPS) is 12.3. The minimum absolute atomic E-state index is 0.137. The van der Waals surface area contributed by atoms with Crippen LogP contribution in [0.15, 0.2) is 23.1 Å². The second kappa shape index (κ2) is 7.60. The zero-order chi connectivity index (χ0) is 19.7. The summed E-state index contributed by atoms with van der Waals surface area (Å²) in [6.07, 6.45) is 2.31. The topological polar surface area (TPSA) is 76.9 Å². The lowest BCUT2D eigenvalue weighted by atomic mass is 10.1. The average molecular weight is 385 g/mol. The predicted octanol–water partition coefficient (Wildman–Crippen LogP) is 3.68. The van der Waals surface area contributed by atoms with Crippen molar-refractivity contribution in [2.45, 2.75) is 53.6 Å². The molecule has 0 bridgehead atoms. The number of carbonyl (C=O) groups is 1. The van der Waals surface area contributed by atoms with E-state index in [1.165, 1.54) is 0 Å². The van der Waals surface area contributed by atoms with Gasteiger partial charge < -0.3 is 9.88 Å². The highest BCUT2D eigenvalue weighted by molar-refractivity contribution is 7.11. The number of hydrogen-bond donors (Lipinski definition) is 1. The second-order valence-corrected chi connectivity index (χ2v) is 7.84. The van der Waals surface area contributed by atoms with Crippen LogP contribution in [0.2, 0.25) is 0 Å². The third-order valence-electron chi connectivity index (χ3n) is 4.70. The summed E-state index contributed by atoms with van der Waals surface area (Å²) in [6.45, 7) is 10.4. The van der Waals surface area contributed by atoms with Crippen LogP contribution in [0.25, 0.3) is 11.0 Å². The molecule has 0 aliphatic carbocycles. The van der Waals surface area contributed by atoms with Gasteiger partial charge in [0.1, 0.15) is 16.2 Å². The molecule has 1 unspecified atom stereocenters. The minimum atomic E-state index is -0.373. The van der Waals surface area contributed by atoms with Gasteiger partial charge in [-0.25, -0.2) is 9.97 Å². The van der Waals surface area contributed by atoms with Crippen molar-refractivity contribution in [3.63, 3.8) is 0 Å². The highest BCUT2D eigenvalue weighted by atomic mass is 32.1. The van der Waals surface area contributed by atoms with E-state index in [9.17, 15) is 9.59 Å². The molecule has 3 heterocycles. The molecule has 1 N–H and O–H groups in total. The Bertz CT molecular complexity index is 1050. The van der Waals surface area contributed by atoms with E-state index >= 15 is 0 Å². The Morgan fingerprint density at radius 1 is 1.22 bits per heavy atom. The van der Waals surface area contributed by atoms with Gasteiger partial charge in [-0.2, -0.15) is 0 Å². The third-order valence-corrected chi connectivity index (χ3v) is 5.89. The van der Waals surface area contributed by atoms with Gasteiger partial charge in [-0.05, 0) is 46.2 Å². The van der Waals surface area contributed by atoms with Gasteiger partial charge in [-0.1, -0.05) is 6.92 Å². The van der Waals surface area contributed by atoms with Crippen molar-refractivity contribution < 1.29 is 4.79 Å². The number of nitrogens with zero attached hydrogens (tertiary/aromatic N) is 3. The van der Waals surface area contributed by atoms with E-state index in [-0.39, 0.29) is 22.9 Å². The van der Waals surface area contributed by atoms with Gasteiger partial charge in [-0.15, -0.1) is 11.3 Å². The molecule has 3 aromatic rings. The fraction of sp³-hybridized carbons (Fsp3) is 0.400. The third kappa shape index (κ3) is 3.64. The summed E-state index contributed by atoms with van der Waals surface area (Å²) in [5, 5.41) is 4.32. The molecule has 0 saturated carbocycles. The Kier molecular flexibility index (Phi) is 5.41. The number of carbonyl (C=O) groups excluding carboxylic acids is 1. The highest BCUT2D eigenvalue weighted by Crippen LogP contribution is 2.25. The van der Waals surface area contributed by atoms with Gasteiger partial charge in [0, 0.05) is 23.3 Å². The highest BCUT2D eigenvalue weighted by Gasteiger charge is 2.21. The molecular formula is C20H24N4O2S. The van der Waals surface area contributed by atoms with Crippen molar-refractivity contribution >= 4 is 28.3 Å². The molecule has 0 aliphatic heterocycles. The second-order valence-electron chi connectivity index (χ2n) is 6.61. The van der Waals surface area contributed by atoms with Gasteiger partial charge in [0.15, 0.2) is 0 Å². The first kappa shape index (κ1) is 19.2. The zero-order valence-electron chi connectivity index (χ0n) is 16.3. The van der Waals surface area contributed by atoms with Gasteiger partial charge in [0.25, 0.3) is 5.91 Å². The number of fused-ring (bicyclic) bond motifs is 1. The van der Waals surface area contributed by atoms with Gasteiger partial charge in [0.2, 0.25) is 5.43 Å². The molecule has 0 spiro atoms. The lowest BCUT2D eigenvalue weighted by molar-refractivity contribution is 0.0934. The maximum atomic E-state index is 12.9. The molecule has 0 saturated heterocycles. The molecule has 3 aromatic heterocycles. The number of thiazole rings is 1. The number of pyridine rings is 2. The van der Waals surface area contributed by atoms with E-state index in [4.69, 9.17) is 0 Å². The first-order valence-electron chi connectivity index (χ1n) is 9.11. The van der Waals surface area contributed by atoms with E-state index in [2.05, 4.69) is 15.3 Å². The fourth-order valence-corrected chi connectivity index (χ4v) is 4.04. The molecule has 27 heavy (non-hydrogen) atoms. The summed E-state index contributed by atoms with van der Waals surface area (Å²) in [5.74, 6) is -0.373. The van der Waals surface area contributed by atoms with Crippen molar-refractivity contribution in [1.82, 2.24) is 19.9 Å². The van der Waals surface area contributed by atoms with Crippen LogP contribution in [-0.4, -0.2) is 20.4 Å². The minimum Gasteiger partial charge on any atom is -0.343 e. The van der Waals surface area contributed by atoms with Crippen LogP contribution in [0.3, 0.4) is 0 Å². The van der Waals surface area contributed by atoms with E-state index in [0.29, 0.717) is 24.0 Å². The van der Waals surface area contributed by atoms with Gasteiger partial charge in [0.05, 0.1) is 17.1 Å². The van der Waals surface area contributed by atoms with Crippen LogP contribution in [0, 0.1) is 20.8 Å². The lowest BCUT2D eigenvalue weighted by Gasteiger charge is -2.16. The number of amides is 1. The monoisotopic (exact) mass is 384 g/mol. The molecule has 7 heteroatoms. The van der Waals surface area contributed by atoms with Crippen LogP contribution in [0.5, 0.6) is 0 Å². The molecule has 0 aromatic carbocycles. The smallest absolute Gasteiger partial charge is 0.257 e. The summed E-state index contributed by atoms with van der Waals surface area (Å²) in [5.41, 5.74) is 2.27. The standard InChI is InChI=1S/C20H24N4O2S/c1-6-16(20-22-12(4)13(5)27-20)23-19(26)15-10-24(7-2)18-14(17(15)25)9-8-11(3)21-18/h8-10,16H,6-7H2,1-5H3,(H,23,26). The van der Waals surface area contributed by atoms with Crippen molar-refractivity contribution in [2.75, 3.05) is 0 Å². The predicted molar refractivity (Wildman–Crippen MR) is 109 cm³/mol. The molecule has 0 radical (unpaired) electrons. The van der Waals surface area contributed by atoms with E-state index in [1.54, 1.807) is 29.7 Å². The summed E-state index contributed by atoms with van der Waals surface area (Å²) >= 11 is 1.58. The lowest BCUT2D eigenvalue weighted by Crippen LogP contribution is -2.33. The number of aryl methyl sites for hydroxylation is 4. The van der Waals surface area contributed by atoms with Crippen molar-refractivity contribution in [2.24, 2.45) is 0 Å². The maximum Gasteiger partial charge on any atom is 0.257 e. The summed E-state index contributed by atoms with van der Waals surface area (Å²) in [6, 6.07) is 3.33. The largest absolute Gasteiger partial charge is 0.343 e. The van der Waals surface area contributed by atoms with E-state index < -0.39 is 0 Å². The van der Waals surface area contributed by atoms with Crippen molar-refractivity contribution in [1.29, 1.82) is 0 Å². The van der Waals surface area contributed by atoms with Gasteiger partial charge >= 0.3 is 0 Å². The van der Waals surface area contributed by atoms with Crippen LogP contribution in [0.4, 0.5) is 0 Å². The number of aromatic nitrogens is 3. The maximum absolute atomic E-state index is 12.9. The van der Waals surface area contributed by atoms with E-state index in [0.717, 1.165) is 21.3 Å². The Labute approximate surface area is 162 Å². The molecular weight excluding hydrogens is 360 g/mol. The molecule has 1 amide bonds. The van der Waals surface area contributed by atoms with Crippen LogP contribution in [0.1, 0.15) is 57.9 Å². The first-order chi connectivity index (χ1) is 12.8. The van der Waals surface area contributed by atoms with Crippen LogP contribution >= 0.6 is 11.3 Å². The molecule has 0 aliphatic rings. The molecule has 1 atom stereocenters. The number of hydrogen-bond acceptors (Lipinski definition) is 5. The van der Waals surface area contributed by atoms with Crippen molar-refractivity contribution in [3.05, 3.63) is 55.4 Å². The number of nitrogens with one attached hydrogen (secondary N) is 1. The quantitative estimate of drug-likeness (QED) is 0.728. The Hall–Kier alpha value is -2.54. The summed E-state index contributed by atoms with van der Waals surface area (Å²) in [7, 11) is 0. The SMILES string of the molecule is CCC(NC(=O)c1cn(CC)c2nc(C)ccc2c1=O)c1nc(C)c(C)s1.